The van der Waals surface area contributed by atoms with Gasteiger partial charge in [0.05, 0.1) is 12.1 Å². The van der Waals surface area contributed by atoms with E-state index in [1.165, 1.54) is 0 Å². The molecule has 1 rings (SSSR count). The highest BCUT2D eigenvalue weighted by Gasteiger charge is 2.41. The zero-order valence-corrected chi connectivity index (χ0v) is 10.8. The summed E-state index contributed by atoms with van der Waals surface area (Å²) in [6.45, 7) is 6.92. The van der Waals surface area contributed by atoms with Crippen LogP contribution in [-0.4, -0.2) is 24.2 Å². The van der Waals surface area contributed by atoms with E-state index in [0.29, 0.717) is 12.5 Å². The normalized spacial score (nSPS) is 31.1. The molecule has 0 amide bonds. The van der Waals surface area contributed by atoms with Crippen molar-refractivity contribution in [1.29, 1.82) is 0 Å². The molecule has 0 heterocycles. The second-order valence-corrected chi connectivity index (χ2v) is 6.08. The summed E-state index contributed by atoms with van der Waals surface area (Å²) >= 11 is 0. The van der Waals surface area contributed by atoms with E-state index >= 15 is 0 Å². The molecule has 17 heavy (non-hydrogen) atoms. The molecule has 1 saturated carbocycles. The summed E-state index contributed by atoms with van der Waals surface area (Å²) in [6.07, 6.45) is 6.99. The average Bonchev–Trinajstić information content (AvgIpc) is 2.14. The van der Waals surface area contributed by atoms with Crippen molar-refractivity contribution in [3.8, 4) is 0 Å². The van der Waals surface area contributed by atoms with Gasteiger partial charge in [-0.05, 0) is 43.9 Å². The van der Waals surface area contributed by atoms with Gasteiger partial charge in [-0.3, -0.25) is 0 Å². The first-order valence-corrected chi connectivity index (χ1v) is 6.03. The highest BCUT2D eigenvalue weighted by Crippen LogP contribution is 2.46. The Balaban J connectivity index is 2.73. The van der Waals surface area contributed by atoms with Gasteiger partial charge in [-0.25, -0.2) is 14.6 Å². The van der Waals surface area contributed by atoms with Crippen LogP contribution < -0.4 is 0 Å². The van der Waals surface area contributed by atoms with Gasteiger partial charge in [0.2, 0.25) is 12.2 Å². The monoisotopic (exact) mass is 236 g/mol. The molecule has 0 radical (unpaired) electrons. The first-order valence-electron chi connectivity index (χ1n) is 6.03. The Morgan fingerprint density at radius 1 is 1.18 bits per heavy atom. The van der Waals surface area contributed by atoms with E-state index in [4.69, 9.17) is 0 Å². The molecule has 1 fully saturated rings. The Labute approximate surface area is 102 Å². The summed E-state index contributed by atoms with van der Waals surface area (Å²) in [5, 5.41) is 0. The minimum Gasteiger partial charge on any atom is -0.211 e. The number of isocyanates is 2. The average molecular weight is 236 g/mol. The lowest BCUT2D eigenvalue weighted by molar-refractivity contribution is 0.108. The van der Waals surface area contributed by atoms with E-state index in [0.717, 1.165) is 25.7 Å². The number of rotatable bonds is 4. The minimum absolute atomic E-state index is 0.170. The molecule has 4 heteroatoms. The zero-order valence-electron chi connectivity index (χ0n) is 10.8. The first-order chi connectivity index (χ1) is 7.91. The van der Waals surface area contributed by atoms with Gasteiger partial charge in [0.1, 0.15) is 0 Å². The summed E-state index contributed by atoms with van der Waals surface area (Å²) in [6, 6.07) is 0. The smallest absolute Gasteiger partial charge is 0.211 e. The summed E-state index contributed by atoms with van der Waals surface area (Å²) in [7, 11) is 0. The quantitative estimate of drug-likeness (QED) is 0.556. The van der Waals surface area contributed by atoms with Crippen molar-refractivity contribution in [3.63, 3.8) is 0 Å². The lowest BCUT2D eigenvalue weighted by atomic mass is 9.64. The van der Waals surface area contributed by atoms with Crippen LogP contribution in [0.25, 0.3) is 0 Å². The fourth-order valence-corrected chi connectivity index (χ4v) is 3.34. The number of hydrogen-bond donors (Lipinski definition) is 0. The van der Waals surface area contributed by atoms with Crippen LogP contribution in [0.1, 0.15) is 46.5 Å². The van der Waals surface area contributed by atoms with Crippen molar-refractivity contribution in [2.24, 2.45) is 21.3 Å². The second-order valence-electron chi connectivity index (χ2n) is 6.08. The highest BCUT2D eigenvalue weighted by atomic mass is 16.1. The van der Waals surface area contributed by atoms with E-state index in [2.05, 4.69) is 23.8 Å². The Morgan fingerprint density at radius 2 is 1.88 bits per heavy atom. The lowest BCUT2D eigenvalue weighted by Crippen LogP contribution is -2.39. The van der Waals surface area contributed by atoms with Gasteiger partial charge in [-0.2, -0.15) is 4.99 Å². The highest BCUT2D eigenvalue weighted by molar-refractivity contribution is 5.35. The van der Waals surface area contributed by atoms with Crippen LogP contribution in [-0.2, 0) is 9.59 Å². The molecule has 1 aliphatic rings. The molecule has 0 aromatic carbocycles. The van der Waals surface area contributed by atoms with E-state index in [-0.39, 0.29) is 11.0 Å². The molecule has 94 valence electrons. The van der Waals surface area contributed by atoms with Crippen molar-refractivity contribution in [2.45, 2.75) is 52.0 Å². The maximum Gasteiger partial charge on any atom is 0.235 e. The van der Waals surface area contributed by atoms with Crippen LogP contribution in [0.2, 0.25) is 0 Å². The van der Waals surface area contributed by atoms with Crippen LogP contribution in [0, 0.1) is 11.3 Å². The van der Waals surface area contributed by atoms with Gasteiger partial charge in [-0.15, -0.1) is 0 Å². The molecule has 2 unspecified atom stereocenters. The summed E-state index contributed by atoms with van der Waals surface area (Å²) in [5.74, 6) is 0.456. The van der Waals surface area contributed by atoms with Gasteiger partial charge in [0, 0.05) is 0 Å². The van der Waals surface area contributed by atoms with Gasteiger partial charge in [0.25, 0.3) is 0 Å². The van der Waals surface area contributed by atoms with E-state index in [9.17, 15) is 9.59 Å². The predicted molar refractivity (Wildman–Crippen MR) is 65.3 cm³/mol. The molecular formula is C13H20N2O2. The second kappa shape index (κ2) is 5.39. The van der Waals surface area contributed by atoms with E-state index in [1.807, 2.05) is 6.92 Å². The topological polar surface area (TPSA) is 58.9 Å². The third kappa shape index (κ3) is 4.26. The number of aliphatic imine (C=N–C) groups is 2. The molecule has 0 spiro atoms. The molecule has 0 aliphatic heterocycles. The van der Waals surface area contributed by atoms with Crippen LogP contribution >= 0.6 is 0 Å². The molecule has 0 aromatic rings. The Bertz CT molecular complexity index is 366. The Hall–Kier alpha value is -1.24. The lowest BCUT2D eigenvalue weighted by Gasteiger charge is -2.43. The van der Waals surface area contributed by atoms with Crippen LogP contribution in [0.4, 0.5) is 0 Å². The van der Waals surface area contributed by atoms with Crippen molar-refractivity contribution in [1.82, 2.24) is 0 Å². The molecule has 4 nitrogen and oxygen atoms in total. The SMILES string of the molecule is CC1(C)CC(CCN=C=O)CC(C)(N=C=O)C1. The zero-order chi connectivity index (χ0) is 12.9. The third-order valence-corrected chi connectivity index (χ3v) is 3.46. The van der Waals surface area contributed by atoms with Crippen LogP contribution in [0.15, 0.2) is 9.98 Å². The predicted octanol–water partition coefficient (Wildman–Crippen LogP) is 2.63. The number of hydrogen-bond acceptors (Lipinski definition) is 4. The summed E-state index contributed by atoms with van der Waals surface area (Å²) in [5.41, 5.74) is -0.137. The molecule has 2 atom stereocenters. The van der Waals surface area contributed by atoms with E-state index in [1.54, 1.807) is 12.2 Å². The maximum absolute atomic E-state index is 10.5. The standard InChI is InChI=1S/C13H20N2O2/c1-12(2)6-11(4-5-14-9-16)7-13(3,8-12)15-10-17/h11H,4-8H2,1-3H3. The first kappa shape index (κ1) is 13.8. The van der Waals surface area contributed by atoms with Gasteiger partial charge >= 0.3 is 0 Å². The van der Waals surface area contributed by atoms with Crippen molar-refractivity contribution in [3.05, 3.63) is 0 Å². The molecule has 0 bridgehead atoms. The van der Waals surface area contributed by atoms with Gasteiger partial charge in [-0.1, -0.05) is 13.8 Å². The molecule has 0 aromatic heterocycles. The van der Waals surface area contributed by atoms with Crippen molar-refractivity contribution in [2.75, 3.05) is 6.54 Å². The molecule has 1 aliphatic carbocycles. The van der Waals surface area contributed by atoms with Gasteiger partial charge < -0.3 is 0 Å². The largest absolute Gasteiger partial charge is 0.235 e. The van der Waals surface area contributed by atoms with Crippen molar-refractivity contribution >= 4 is 12.2 Å². The van der Waals surface area contributed by atoms with Crippen LogP contribution in [0.5, 0.6) is 0 Å². The Kier molecular flexibility index (Phi) is 4.39. The Morgan fingerprint density at radius 3 is 2.47 bits per heavy atom. The van der Waals surface area contributed by atoms with Crippen molar-refractivity contribution < 1.29 is 9.59 Å². The van der Waals surface area contributed by atoms with Crippen LogP contribution in [0.3, 0.4) is 0 Å². The fourth-order valence-electron chi connectivity index (χ4n) is 3.34. The van der Waals surface area contributed by atoms with Gasteiger partial charge in [0.15, 0.2) is 0 Å². The molecule has 0 saturated heterocycles. The van der Waals surface area contributed by atoms with E-state index < -0.39 is 0 Å². The maximum atomic E-state index is 10.5. The summed E-state index contributed by atoms with van der Waals surface area (Å²) in [4.78, 5) is 28.1. The molecular weight excluding hydrogens is 216 g/mol. The molecule has 0 N–H and O–H groups in total. The third-order valence-electron chi connectivity index (χ3n) is 3.46. The number of nitrogens with zero attached hydrogens (tertiary/aromatic N) is 2. The number of carbonyl (C=O) groups excluding carboxylic acids is 2. The minimum atomic E-state index is -0.306. The fraction of sp³-hybridized carbons (Fsp3) is 0.846. The summed E-state index contributed by atoms with van der Waals surface area (Å²) < 4.78 is 0.